The number of allylic oxidation sites excluding steroid dienone is 9. The monoisotopic (exact) mass is 668 g/mol. The summed E-state index contributed by atoms with van der Waals surface area (Å²) in [5.74, 6) is 3.15. The second kappa shape index (κ2) is 14.1. The molecule has 0 fully saturated rings. The summed E-state index contributed by atoms with van der Waals surface area (Å²) in [6.45, 7) is 12.6. The van der Waals surface area contributed by atoms with Gasteiger partial charge in [-0.25, -0.2) is 0 Å². The van der Waals surface area contributed by atoms with Crippen LogP contribution >= 0.6 is 0 Å². The highest BCUT2D eigenvalue weighted by Crippen LogP contribution is 2.46. The first-order valence-electron chi connectivity index (χ1n) is 17.3. The summed E-state index contributed by atoms with van der Waals surface area (Å²) in [5, 5.41) is 0. The van der Waals surface area contributed by atoms with Crippen molar-refractivity contribution in [2.75, 3.05) is 0 Å². The van der Waals surface area contributed by atoms with Gasteiger partial charge in [-0.05, 0) is 86.5 Å². The molecule has 2 nitrogen and oxygen atoms in total. The van der Waals surface area contributed by atoms with E-state index in [1.54, 1.807) is 12.2 Å². The molecule has 2 aliphatic heterocycles. The summed E-state index contributed by atoms with van der Waals surface area (Å²) < 4.78 is 13.3. The minimum absolute atomic E-state index is 0.757. The summed E-state index contributed by atoms with van der Waals surface area (Å²) in [6, 6.07) is 50.1. The normalized spacial score (nSPS) is 14.6. The molecule has 0 saturated heterocycles. The van der Waals surface area contributed by atoms with Crippen LogP contribution in [0.4, 0.5) is 0 Å². The molecule has 0 radical (unpaired) electrons. The fourth-order valence-corrected chi connectivity index (χ4v) is 6.88. The molecule has 0 atom stereocenters. The van der Waals surface area contributed by atoms with E-state index in [2.05, 4.69) is 135 Å². The highest BCUT2D eigenvalue weighted by molar-refractivity contribution is 5.95. The highest BCUT2D eigenvalue weighted by atomic mass is 16.5. The lowest BCUT2D eigenvalue weighted by Gasteiger charge is -2.25. The number of benzene rings is 6. The van der Waals surface area contributed by atoms with Crippen LogP contribution in [0.1, 0.15) is 22.3 Å². The van der Waals surface area contributed by atoms with E-state index in [4.69, 9.17) is 9.47 Å². The van der Waals surface area contributed by atoms with Crippen LogP contribution in [0.25, 0.3) is 56.0 Å². The minimum atomic E-state index is 0.757. The molecule has 8 rings (SSSR count). The zero-order valence-electron chi connectivity index (χ0n) is 28.8. The van der Waals surface area contributed by atoms with Gasteiger partial charge in [0.05, 0.1) is 0 Å². The van der Waals surface area contributed by atoms with Crippen molar-refractivity contribution >= 4 is 22.7 Å². The molecule has 0 bridgehead atoms. The van der Waals surface area contributed by atoms with Gasteiger partial charge in [-0.1, -0.05) is 165 Å². The van der Waals surface area contributed by atoms with E-state index in [9.17, 15) is 0 Å². The van der Waals surface area contributed by atoms with E-state index < -0.39 is 0 Å². The van der Waals surface area contributed by atoms with Gasteiger partial charge in [0.1, 0.15) is 23.0 Å². The number of ether oxygens (including phenoxy) is 2. The maximum atomic E-state index is 6.65. The summed E-state index contributed by atoms with van der Waals surface area (Å²) in [7, 11) is 0. The van der Waals surface area contributed by atoms with E-state index in [0.29, 0.717) is 0 Å². The lowest BCUT2D eigenvalue weighted by atomic mass is 9.89. The Kier molecular flexibility index (Phi) is 8.79. The van der Waals surface area contributed by atoms with Gasteiger partial charge in [0, 0.05) is 22.3 Å². The van der Waals surface area contributed by atoms with Crippen molar-refractivity contribution in [1.82, 2.24) is 0 Å². The lowest BCUT2D eigenvalue weighted by Crippen LogP contribution is -2.06. The van der Waals surface area contributed by atoms with Crippen LogP contribution in [0.15, 0.2) is 207 Å². The van der Waals surface area contributed by atoms with Crippen LogP contribution in [0.3, 0.4) is 0 Å². The topological polar surface area (TPSA) is 18.5 Å². The van der Waals surface area contributed by atoms with Gasteiger partial charge >= 0.3 is 0 Å². The first-order chi connectivity index (χ1) is 25.6. The number of hydrogen-bond acceptors (Lipinski definition) is 2. The molecule has 248 valence electrons. The van der Waals surface area contributed by atoms with Gasteiger partial charge in [-0.15, -0.1) is 0 Å². The molecule has 0 N–H and O–H groups in total. The van der Waals surface area contributed by atoms with Crippen LogP contribution in [-0.4, -0.2) is 0 Å². The van der Waals surface area contributed by atoms with E-state index >= 15 is 0 Å². The van der Waals surface area contributed by atoms with Crippen LogP contribution in [-0.2, 0) is 0 Å². The molecule has 6 aromatic carbocycles. The number of hydrogen-bond donors (Lipinski definition) is 0. The predicted molar refractivity (Wildman–Crippen MR) is 218 cm³/mol. The van der Waals surface area contributed by atoms with Crippen molar-refractivity contribution in [3.05, 3.63) is 230 Å². The fraction of sp³-hybridized carbons (Fsp3) is 0. The van der Waals surface area contributed by atoms with Crippen LogP contribution in [0.2, 0.25) is 0 Å². The Morgan fingerprint density at radius 1 is 0.442 bits per heavy atom. The Bertz CT molecular complexity index is 2490. The van der Waals surface area contributed by atoms with Crippen molar-refractivity contribution in [3.63, 3.8) is 0 Å². The molecule has 2 heterocycles. The molecular weight excluding hydrogens is 633 g/mol. The van der Waals surface area contributed by atoms with Crippen LogP contribution in [0.5, 0.6) is 11.5 Å². The zero-order valence-corrected chi connectivity index (χ0v) is 28.8. The van der Waals surface area contributed by atoms with Crippen molar-refractivity contribution in [2.45, 2.75) is 0 Å². The standard InChI is InChI=1S/C50H36O2/c1-4-16-37(32-49-43-24-14-13-23-42(43)46-31-40(27-29-48(46)51-49)36-20-10-7-11-21-36)34(3)38-26-28-47-45(30-38)41-22-12-15-25-44(41)50(52-47)33-39(17-5-2)35-18-8-6-9-19-35/h4-33H,1-3H2/b37-16+,39-17+,49-32-,50-33-. The van der Waals surface area contributed by atoms with Crippen molar-refractivity contribution in [2.24, 2.45) is 0 Å². The number of rotatable bonds is 8. The Morgan fingerprint density at radius 2 is 0.981 bits per heavy atom. The van der Waals surface area contributed by atoms with E-state index in [0.717, 1.165) is 89.8 Å². The zero-order chi connectivity index (χ0) is 35.4. The fourth-order valence-electron chi connectivity index (χ4n) is 6.88. The smallest absolute Gasteiger partial charge is 0.135 e. The molecule has 0 unspecified atom stereocenters. The molecule has 0 spiro atoms. The summed E-state index contributed by atoms with van der Waals surface area (Å²) in [6.07, 6.45) is 11.7. The van der Waals surface area contributed by atoms with Crippen molar-refractivity contribution in [3.8, 4) is 44.9 Å². The van der Waals surface area contributed by atoms with Gasteiger partial charge in [0.15, 0.2) is 0 Å². The molecule has 6 aromatic rings. The molecule has 0 saturated carbocycles. The Balaban J connectivity index is 1.14. The van der Waals surface area contributed by atoms with Crippen LogP contribution in [0, 0.1) is 0 Å². The summed E-state index contributed by atoms with van der Waals surface area (Å²) in [5.41, 5.74) is 13.5. The Hall–Kier alpha value is -6.90. The van der Waals surface area contributed by atoms with E-state index in [1.165, 1.54) is 5.56 Å². The molecule has 2 heteroatoms. The molecule has 2 aliphatic rings. The average Bonchev–Trinajstić information content (AvgIpc) is 3.20. The van der Waals surface area contributed by atoms with Gasteiger partial charge in [0.25, 0.3) is 0 Å². The van der Waals surface area contributed by atoms with E-state index in [1.807, 2.05) is 54.6 Å². The molecule has 0 aromatic heterocycles. The first kappa shape index (κ1) is 32.3. The van der Waals surface area contributed by atoms with Gasteiger partial charge in [0.2, 0.25) is 0 Å². The first-order valence-corrected chi connectivity index (χ1v) is 17.3. The molecule has 0 aliphatic carbocycles. The maximum Gasteiger partial charge on any atom is 0.135 e. The minimum Gasteiger partial charge on any atom is -0.456 e. The van der Waals surface area contributed by atoms with Crippen LogP contribution < -0.4 is 9.47 Å². The van der Waals surface area contributed by atoms with Crippen molar-refractivity contribution < 1.29 is 9.47 Å². The third-order valence-corrected chi connectivity index (χ3v) is 9.44. The molecule has 0 amide bonds. The SMILES string of the molecule is C=C/C=C(\C=C1/Oc2ccc(-c3ccccc3)cc2-c2ccccc21)C(=C)c1ccc2c(c1)-c1ccccc1/C(=C/C(=C\C=C)c1ccccc1)O2. The van der Waals surface area contributed by atoms with Gasteiger partial charge in [-0.3, -0.25) is 0 Å². The van der Waals surface area contributed by atoms with Gasteiger partial charge < -0.3 is 9.47 Å². The lowest BCUT2D eigenvalue weighted by molar-refractivity contribution is 0.511. The highest BCUT2D eigenvalue weighted by Gasteiger charge is 2.25. The average molecular weight is 669 g/mol. The summed E-state index contributed by atoms with van der Waals surface area (Å²) in [4.78, 5) is 0. The molecule has 52 heavy (non-hydrogen) atoms. The largest absolute Gasteiger partial charge is 0.456 e. The van der Waals surface area contributed by atoms with Gasteiger partial charge in [-0.2, -0.15) is 0 Å². The quantitative estimate of drug-likeness (QED) is 0.150. The third kappa shape index (κ3) is 6.19. The van der Waals surface area contributed by atoms with Crippen molar-refractivity contribution in [1.29, 1.82) is 0 Å². The van der Waals surface area contributed by atoms with E-state index in [-0.39, 0.29) is 0 Å². The second-order valence-corrected chi connectivity index (χ2v) is 12.7. The third-order valence-electron chi connectivity index (χ3n) is 9.44. The predicted octanol–water partition coefficient (Wildman–Crippen LogP) is 13.2. The summed E-state index contributed by atoms with van der Waals surface area (Å²) >= 11 is 0. The second-order valence-electron chi connectivity index (χ2n) is 12.7. The Morgan fingerprint density at radius 3 is 1.62 bits per heavy atom. The molecular formula is C50H36O2. The maximum absolute atomic E-state index is 6.65. The number of fused-ring (bicyclic) bond motifs is 6. The Labute approximate surface area is 305 Å².